The van der Waals surface area contributed by atoms with Crippen molar-refractivity contribution >= 4 is 0 Å². The first-order valence-electron chi connectivity index (χ1n) is 9.00. The number of methoxy groups -OCH3 is 1. The first kappa shape index (κ1) is 20.9. The van der Waals surface area contributed by atoms with Crippen molar-refractivity contribution in [1.82, 2.24) is 0 Å². The van der Waals surface area contributed by atoms with Crippen LogP contribution in [0, 0.1) is 0 Å². The average molecular weight is 305 g/mol. The highest BCUT2D eigenvalue weighted by atomic mass is 16.5. The lowest BCUT2D eigenvalue weighted by Crippen LogP contribution is -1.87. The largest absolute Gasteiger partial charge is 0.385 e. The van der Waals surface area contributed by atoms with Gasteiger partial charge in [-0.3, -0.25) is 0 Å². The van der Waals surface area contributed by atoms with Gasteiger partial charge in [-0.2, -0.15) is 0 Å². The summed E-state index contributed by atoms with van der Waals surface area (Å²) in [5.74, 6) is 0. The van der Waals surface area contributed by atoms with Crippen molar-refractivity contribution in [2.45, 2.75) is 71.1 Å². The minimum Gasteiger partial charge on any atom is -0.385 e. The molecule has 0 N–H and O–H groups in total. The molecule has 0 aliphatic rings. The Bertz CT molecular complexity index is 310. The average Bonchev–Trinajstić information content (AvgIpc) is 2.54. The van der Waals surface area contributed by atoms with E-state index >= 15 is 0 Å². The molecule has 126 valence electrons. The summed E-state index contributed by atoms with van der Waals surface area (Å²) in [6, 6.07) is 0. The van der Waals surface area contributed by atoms with Crippen LogP contribution in [0.2, 0.25) is 0 Å². The van der Waals surface area contributed by atoms with Gasteiger partial charge in [0.1, 0.15) is 0 Å². The van der Waals surface area contributed by atoms with Gasteiger partial charge in [0, 0.05) is 13.7 Å². The molecule has 0 amide bonds. The third-order valence-corrected chi connectivity index (χ3v) is 3.43. The molecule has 0 aromatic rings. The van der Waals surface area contributed by atoms with E-state index in [1.54, 1.807) is 7.11 Å². The Morgan fingerprint density at radius 3 is 1.59 bits per heavy atom. The van der Waals surface area contributed by atoms with E-state index in [0.29, 0.717) is 0 Å². The molecule has 1 nitrogen and oxygen atoms in total. The minimum absolute atomic E-state index is 0.897. The quantitative estimate of drug-likeness (QED) is 0.239. The second kappa shape index (κ2) is 19.9. The van der Waals surface area contributed by atoms with Gasteiger partial charge in [-0.05, 0) is 44.9 Å². The van der Waals surface area contributed by atoms with E-state index in [2.05, 4.69) is 55.5 Å². The Hall–Kier alpha value is -1.08. The molecule has 0 aromatic carbocycles. The lowest BCUT2D eigenvalue weighted by Gasteiger charge is -1.96. The van der Waals surface area contributed by atoms with Crippen molar-refractivity contribution in [2.75, 3.05) is 13.7 Å². The van der Waals surface area contributed by atoms with Crippen LogP contribution < -0.4 is 0 Å². The van der Waals surface area contributed by atoms with Crippen LogP contribution in [0.15, 0.2) is 48.6 Å². The SMILES string of the molecule is CCCC/C=C\C/C=C\C/C=C\C/C=C\CCCCCOC. The lowest BCUT2D eigenvalue weighted by molar-refractivity contribution is 0.192. The molecule has 1 heteroatoms. The third kappa shape index (κ3) is 18.9. The predicted molar refractivity (Wildman–Crippen MR) is 100 cm³/mol. The van der Waals surface area contributed by atoms with Gasteiger partial charge in [-0.25, -0.2) is 0 Å². The van der Waals surface area contributed by atoms with E-state index in [4.69, 9.17) is 4.74 Å². The monoisotopic (exact) mass is 304 g/mol. The van der Waals surface area contributed by atoms with Gasteiger partial charge in [0.15, 0.2) is 0 Å². The van der Waals surface area contributed by atoms with Crippen LogP contribution >= 0.6 is 0 Å². The van der Waals surface area contributed by atoms with Crippen LogP contribution in [0.4, 0.5) is 0 Å². The molecule has 0 aliphatic carbocycles. The first-order valence-corrected chi connectivity index (χ1v) is 9.00. The fourth-order valence-corrected chi connectivity index (χ4v) is 2.06. The van der Waals surface area contributed by atoms with Crippen molar-refractivity contribution in [1.29, 1.82) is 0 Å². The number of hydrogen-bond acceptors (Lipinski definition) is 1. The molecule has 0 heterocycles. The fourth-order valence-electron chi connectivity index (χ4n) is 2.06. The minimum atomic E-state index is 0.897. The van der Waals surface area contributed by atoms with E-state index in [0.717, 1.165) is 25.9 Å². The van der Waals surface area contributed by atoms with Crippen LogP contribution in [0.5, 0.6) is 0 Å². The van der Waals surface area contributed by atoms with Crippen molar-refractivity contribution in [2.24, 2.45) is 0 Å². The first-order chi connectivity index (χ1) is 10.9. The normalized spacial score (nSPS) is 12.6. The van der Waals surface area contributed by atoms with E-state index in [1.165, 1.54) is 44.9 Å². The van der Waals surface area contributed by atoms with Crippen LogP contribution in [0.3, 0.4) is 0 Å². The fraction of sp³-hybridized carbons (Fsp3) is 0.619. The Balaban J connectivity index is 3.34. The zero-order chi connectivity index (χ0) is 16.1. The molecule has 0 fully saturated rings. The Labute approximate surface area is 138 Å². The number of ether oxygens (including phenoxy) is 1. The summed E-state index contributed by atoms with van der Waals surface area (Å²) in [5, 5.41) is 0. The molecule has 0 atom stereocenters. The summed E-state index contributed by atoms with van der Waals surface area (Å²) in [5.41, 5.74) is 0. The van der Waals surface area contributed by atoms with E-state index < -0.39 is 0 Å². The van der Waals surface area contributed by atoms with Crippen molar-refractivity contribution in [3.05, 3.63) is 48.6 Å². The van der Waals surface area contributed by atoms with Gasteiger partial charge in [0.25, 0.3) is 0 Å². The summed E-state index contributed by atoms with van der Waals surface area (Å²) < 4.78 is 5.03. The Morgan fingerprint density at radius 2 is 1.09 bits per heavy atom. The van der Waals surface area contributed by atoms with Crippen molar-refractivity contribution in [3.63, 3.8) is 0 Å². The molecule has 22 heavy (non-hydrogen) atoms. The molecule has 0 saturated heterocycles. The highest BCUT2D eigenvalue weighted by molar-refractivity contribution is 4.99. The Morgan fingerprint density at radius 1 is 0.591 bits per heavy atom. The maximum absolute atomic E-state index is 5.03. The summed E-state index contributed by atoms with van der Waals surface area (Å²) in [4.78, 5) is 0. The van der Waals surface area contributed by atoms with E-state index in [1.807, 2.05) is 0 Å². The van der Waals surface area contributed by atoms with E-state index in [-0.39, 0.29) is 0 Å². The molecular formula is C21H36O. The standard InChI is InChI=1S/C21H36O/c1-3-4-5-6-7-8-9-10-11-12-13-14-15-16-17-18-19-20-21-22-2/h6-7,9-10,12-13,15-16H,3-5,8,11,14,17-21H2,1-2H3/b7-6-,10-9-,13-12-,16-15-. The van der Waals surface area contributed by atoms with Gasteiger partial charge in [-0.1, -0.05) is 74.8 Å². The summed E-state index contributed by atoms with van der Waals surface area (Å²) in [7, 11) is 1.77. The second-order valence-electron chi connectivity index (χ2n) is 5.58. The van der Waals surface area contributed by atoms with Crippen molar-refractivity contribution < 1.29 is 4.74 Å². The van der Waals surface area contributed by atoms with Crippen LogP contribution in [-0.2, 0) is 4.74 Å². The van der Waals surface area contributed by atoms with Crippen LogP contribution in [0.1, 0.15) is 71.1 Å². The zero-order valence-corrected chi connectivity index (χ0v) is 14.8. The molecule has 0 unspecified atom stereocenters. The molecule has 0 radical (unpaired) electrons. The van der Waals surface area contributed by atoms with E-state index in [9.17, 15) is 0 Å². The maximum atomic E-state index is 5.03. The highest BCUT2D eigenvalue weighted by Crippen LogP contribution is 2.02. The molecule has 0 rings (SSSR count). The molecule has 0 aliphatic heterocycles. The molecule has 0 saturated carbocycles. The maximum Gasteiger partial charge on any atom is 0.0462 e. The number of rotatable bonds is 15. The lowest BCUT2D eigenvalue weighted by atomic mass is 10.2. The number of hydrogen-bond donors (Lipinski definition) is 0. The number of unbranched alkanes of at least 4 members (excludes halogenated alkanes) is 5. The van der Waals surface area contributed by atoms with Crippen LogP contribution in [0.25, 0.3) is 0 Å². The molecule has 0 bridgehead atoms. The van der Waals surface area contributed by atoms with Gasteiger partial charge in [0.05, 0.1) is 0 Å². The van der Waals surface area contributed by atoms with Gasteiger partial charge in [-0.15, -0.1) is 0 Å². The van der Waals surface area contributed by atoms with Gasteiger partial charge < -0.3 is 4.74 Å². The molecule has 0 spiro atoms. The third-order valence-electron chi connectivity index (χ3n) is 3.43. The zero-order valence-electron chi connectivity index (χ0n) is 14.8. The smallest absolute Gasteiger partial charge is 0.0462 e. The highest BCUT2D eigenvalue weighted by Gasteiger charge is 1.85. The van der Waals surface area contributed by atoms with Gasteiger partial charge in [0.2, 0.25) is 0 Å². The molecule has 0 aromatic heterocycles. The summed E-state index contributed by atoms with van der Waals surface area (Å²) in [6.45, 7) is 3.13. The van der Waals surface area contributed by atoms with Gasteiger partial charge >= 0.3 is 0 Å². The topological polar surface area (TPSA) is 9.23 Å². The van der Waals surface area contributed by atoms with Crippen LogP contribution in [-0.4, -0.2) is 13.7 Å². The summed E-state index contributed by atoms with van der Waals surface area (Å²) >= 11 is 0. The second-order valence-corrected chi connectivity index (χ2v) is 5.58. The predicted octanol–water partition coefficient (Wildman–Crippen LogP) is 6.78. The molecular weight excluding hydrogens is 268 g/mol. The number of allylic oxidation sites excluding steroid dienone is 8. The Kier molecular flexibility index (Phi) is 18.9. The summed E-state index contributed by atoms with van der Waals surface area (Å²) in [6.07, 6.45) is 30.1. The van der Waals surface area contributed by atoms with Crippen molar-refractivity contribution in [3.8, 4) is 0 Å².